The second kappa shape index (κ2) is 10.9. The number of amides is 2. The van der Waals surface area contributed by atoms with Crippen molar-refractivity contribution < 1.29 is 26.8 Å². The minimum absolute atomic E-state index is 0.0337. The van der Waals surface area contributed by atoms with Crippen LogP contribution in [0.15, 0.2) is 46.9 Å². The van der Waals surface area contributed by atoms with Crippen LogP contribution in [0.5, 0.6) is 0 Å². The van der Waals surface area contributed by atoms with E-state index in [1.807, 2.05) is 0 Å². The molecule has 0 aliphatic carbocycles. The summed E-state index contributed by atoms with van der Waals surface area (Å²) in [5.74, 6) is -3.48. The van der Waals surface area contributed by atoms with Crippen LogP contribution in [0.3, 0.4) is 0 Å². The SMILES string of the molecule is CCNC(=O)[C@H](C)N(Cc1cccc(Br)c1)C(=O)CN(c1ccc(F)c(F)c1)S(C)(=O)=O. The number of hydrogen-bond acceptors (Lipinski definition) is 4. The molecule has 0 aromatic heterocycles. The lowest BCUT2D eigenvalue weighted by atomic mass is 10.1. The third-order valence-electron chi connectivity index (χ3n) is 4.63. The lowest BCUT2D eigenvalue weighted by molar-refractivity contribution is -0.139. The van der Waals surface area contributed by atoms with E-state index in [4.69, 9.17) is 0 Å². The molecule has 1 N–H and O–H groups in total. The minimum atomic E-state index is -4.02. The molecule has 11 heteroatoms. The summed E-state index contributed by atoms with van der Waals surface area (Å²) in [6.07, 6.45) is 0.855. The summed E-state index contributed by atoms with van der Waals surface area (Å²) >= 11 is 3.35. The zero-order chi connectivity index (χ0) is 24.1. The van der Waals surface area contributed by atoms with Crippen molar-refractivity contribution in [2.75, 3.05) is 23.7 Å². The van der Waals surface area contributed by atoms with E-state index >= 15 is 0 Å². The molecule has 0 fully saturated rings. The Labute approximate surface area is 194 Å². The number of anilines is 1. The van der Waals surface area contributed by atoms with Crippen molar-refractivity contribution in [2.45, 2.75) is 26.4 Å². The van der Waals surface area contributed by atoms with E-state index in [-0.39, 0.29) is 12.2 Å². The molecule has 0 aliphatic rings. The van der Waals surface area contributed by atoms with Gasteiger partial charge < -0.3 is 10.2 Å². The van der Waals surface area contributed by atoms with Crippen LogP contribution < -0.4 is 9.62 Å². The molecule has 7 nitrogen and oxygen atoms in total. The van der Waals surface area contributed by atoms with E-state index in [0.29, 0.717) is 22.5 Å². The number of halogens is 3. The summed E-state index contributed by atoms with van der Waals surface area (Å²) in [5.41, 5.74) is 0.510. The van der Waals surface area contributed by atoms with Crippen molar-refractivity contribution in [3.05, 3.63) is 64.1 Å². The fourth-order valence-electron chi connectivity index (χ4n) is 2.99. The van der Waals surface area contributed by atoms with Crippen molar-refractivity contribution in [3.8, 4) is 0 Å². The lowest BCUT2D eigenvalue weighted by Gasteiger charge is -2.31. The molecule has 0 spiro atoms. The Bertz CT molecular complexity index is 1100. The van der Waals surface area contributed by atoms with Gasteiger partial charge in [0.05, 0.1) is 11.9 Å². The number of likely N-dealkylation sites (N-methyl/N-ethyl adjacent to an activating group) is 1. The van der Waals surface area contributed by atoms with Crippen LogP contribution in [-0.4, -0.2) is 50.5 Å². The van der Waals surface area contributed by atoms with E-state index in [1.165, 1.54) is 11.8 Å². The highest BCUT2D eigenvalue weighted by Gasteiger charge is 2.30. The number of carbonyl (C=O) groups excluding carboxylic acids is 2. The Morgan fingerprint density at radius 1 is 1.12 bits per heavy atom. The molecule has 0 unspecified atom stereocenters. The first-order valence-electron chi connectivity index (χ1n) is 9.68. The third kappa shape index (κ3) is 6.73. The molecule has 1 atom stereocenters. The number of hydrogen-bond donors (Lipinski definition) is 1. The average Bonchev–Trinajstić information content (AvgIpc) is 2.71. The van der Waals surface area contributed by atoms with Gasteiger partial charge in [0.1, 0.15) is 12.6 Å². The summed E-state index contributed by atoms with van der Waals surface area (Å²) in [6.45, 7) is 2.96. The highest BCUT2D eigenvalue weighted by atomic mass is 79.9. The van der Waals surface area contributed by atoms with Gasteiger partial charge in [0.25, 0.3) is 0 Å². The Hall–Kier alpha value is -2.53. The van der Waals surface area contributed by atoms with Gasteiger partial charge in [-0.15, -0.1) is 0 Å². The Morgan fingerprint density at radius 2 is 1.81 bits per heavy atom. The highest BCUT2D eigenvalue weighted by Crippen LogP contribution is 2.22. The minimum Gasteiger partial charge on any atom is -0.355 e. The second-order valence-corrected chi connectivity index (χ2v) is 9.91. The zero-order valence-corrected chi connectivity index (χ0v) is 20.2. The Kier molecular flexibility index (Phi) is 8.73. The predicted octanol–water partition coefficient (Wildman–Crippen LogP) is 3.05. The number of nitrogens with one attached hydrogen (secondary N) is 1. The predicted molar refractivity (Wildman–Crippen MR) is 121 cm³/mol. The van der Waals surface area contributed by atoms with Crippen molar-refractivity contribution in [2.24, 2.45) is 0 Å². The van der Waals surface area contributed by atoms with E-state index in [0.717, 1.165) is 22.9 Å². The number of benzene rings is 2. The maximum atomic E-state index is 13.7. The van der Waals surface area contributed by atoms with Gasteiger partial charge in [0.15, 0.2) is 11.6 Å². The van der Waals surface area contributed by atoms with Crippen LogP contribution in [-0.2, 0) is 26.2 Å². The molecule has 0 aliphatic heterocycles. The first-order chi connectivity index (χ1) is 14.9. The van der Waals surface area contributed by atoms with E-state index in [1.54, 1.807) is 31.2 Å². The standard InChI is InChI=1S/C21H24BrF2N3O4S/c1-4-25-21(29)14(2)26(12-15-6-5-7-16(22)10-15)20(28)13-27(32(3,30)31)17-8-9-18(23)19(24)11-17/h5-11,14H,4,12-13H2,1-3H3,(H,25,29)/t14-/m0/s1. The normalized spacial score (nSPS) is 12.2. The fourth-order valence-corrected chi connectivity index (χ4v) is 4.28. The summed E-state index contributed by atoms with van der Waals surface area (Å²) in [4.78, 5) is 26.9. The average molecular weight is 532 g/mol. The molecule has 0 saturated heterocycles. The molecule has 2 aromatic rings. The quantitative estimate of drug-likeness (QED) is 0.538. The van der Waals surface area contributed by atoms with Gasteiger partial charge in [0, 0.05) is 23.6 Å². The van der Waals surface area contributed by atoms with Crippen LogP contribution in [0.2, 0.25) is 0 Å². The third-order valence-corrected chi connectivity index (χ3v) is 6.26. The molecule has 32 heavy (non-hydrogen) atoms. The topological polar surface area (TPSA) is 86.8 Å². The van der Waals surface area contributed by atoms with Crippen LogP contribution in [0, 0.1) is 11.6 Å². The molecule has 174 valence electrons. The van der Waals surface area contributed by atoms with Gasteiger partial charge in [0.2, 0.25) is 21.8 Å². The summed E-state index contributed by atoms with van der Waals surface area (Å²) < 4.78 is 53.2. The first kappa shape index (κ1) is 25.7. The van der Waals surface area contributed by atoms with Crippen molar-refractivity contribution in [1.29, 1.82) is 0 Å². The molecular formula is C21H24BrF2N3O4S. The van der Waals surface area contributed by atoms with Crippen LogP contribution >= 0.6 is 15.9 Å². The number of carbonyl (C=O) groups is 2. The second-order valence-electron chi connectivity index (χ2n) is 7.09. The van der Waals surface area contributed by atoms with Gasteiger partial charge >= 0.3 is 0 Å². The Morgan fingerprint density at radius 3 is 2.38 bits per heavy atom. The first-order valence-corrected chi connectivity index (χ1v) is 12.3. The largest absolute Gasteiger partial charge is 0.355 e. The molecule has 0 saturated carbocycles. The summed E-state index contributed by atoms with van der Waals surface area (Å²) in [6, 6.07) is 8.75. The van der Waals surface area contributed by atoms with Crippen molar-refractivity contribution in [1.82, 2.24) is 10.2 Å². The van der Waals surface area contributed by atoms with Gasteiger partial charge in [-0.05, 0) is 43.7 Å². The van der Waals surface area contributed by atoms with Gasteiger partial charge in [-0.2, -0.15) is 0 Å². The van der Waals surface area contributed by atoms with Crippen LogP contribution in [0.1, 0.15) is 19.4 Å². The van der Waals surface area contributed by atoms with Gasteiger partial charge in [-0.3, -0.25) is 13.9 Å². The number of rotatable bonds is 9. The maximum absolute atomic E-state index is 13.7. The maximum Gasteiger partial charge on any atom is 0.244 e. The van der Waals surface area contributed by atoms with Crippen LogP contribution in [0.4, 0.5) is 14.5 Å². The summed E-state index contributed by atoms with van der Waals surface area (Å²) in [7, 11) is -4.02. The number of sulfonamides is 1. The summed E-state index contributed by atoms with van der Waals surface area (Å²) in [5, 5.41) is 2.64. The van der Waals surface area contributed by atoms with Gasteiger partial charge in [-0.25, -0.2) is 17.2 Å². The van der Waals surface area contributed by atoms with Crippen LogP contribution in [0.25, 0.3) is 0 Å². The lowest BCUT2D eigenvalue weighted by Crippen LogP contribution is -2.51. The van der Waals surface area contributed by atoms with Crippen molar-refractivity contribution in [3.63, 3.8) is 0 Å². The zero-order valence-electron chi connectivity index (χ0n) is 17.8. The Balaban J connectivity index is 2.40. The molecular weight excluding hydrogens is 508 g/mol. The van der Waals surface area contributed by atoms with E-state index in [9.17, 15) is 26.8 Å². The highest BCUT2D eigenvalue weighted by molar-refractivity contribution is 9.10. The molecule has 0 radical (unpaired) electrons. The van der Waals surface area contributed by atoms with E-state index < -0.39 is 46.1 Å². The molecule has 2 aromatic carbocycles. The molecule has 2 rings (SSSR count). The molecule has 0 heterocycles. The van der Waals surface area contributed by atoms with Crippen molar-refractivity contribution >= 4 is 43.5 Å². The monoisotopic (exact) mass is 531 g/mol. The fraction of sp³-hybridized carbons (Fsp3) is 0.333. The smallest absolute Gasteiger partial charge is 0.244 e. The van der Waals surface area contributed by atoms with Gasteiger partial charge in [-0.1, -0.05) is 28.1 Å². The number of nitrogens with zero attached hydrogens (tertiary/aromatic N) is 2. The van der Waals surface area contributed by atoms with E-state index in [2.05, 4.69) is 21.2 Å². The molecule has 0 bridgehead atoms. The molecule has 2 amide bonds.